The molecule has 2 amide bonds. The number of thiophene rings is 1. The van der Waals surface area contributed by atoms with Crippen molar-refractivity contribution in [3.05, 3.63) is 57.8 Å². The Morgan fingerprint density at radius 3 is 2.40 bits per heavy atom. The van der Waals surface area contributed by atoms with E-state index in [0.29, 0.717) is 18.7 Å². The molecule has 0 saturated heterocycles. The van der Waals surface area contributed by atoms with E-state index in [0.717, 1.165) is 5.56 Å². The van der Waals surface area contributed by atoms with Gasteiger partial charge in [0.1, 0.15) is 0 Å². The third kappa shape index (κ3) is 5.14. The molecule has 0 aliphatic rings. The molecule has 1 aromatic carbocycles. The van der Waals surface area contributed by atoms with Crippen LogP contribution in [0.4, 0.5) is 0 Å². The van der Waals surface area contributed by atoms with Crippen molar-refractivity contribution in [1.82, 2.24) is 15.1 Å². The standard InChI is InChI=1S/C19H25N3O2S/c1-14(17-6-5-11-25-17)22(4)18(23)13-21(3)12-15-7-9-16(10-8-15)19(24)20-2/h5-11,14H,12-13H2,1-4H3,(H,20,24). The van der Waals surface area contributed by atoms with Crippen LogP contribution in [0.5, 0.6) is 0 Å². The van der Waals surface area contributed by atoms with Gasteiger partial charge in [0.05, 0.1) is 12.6 Å². The average molecular weight is 359 g/mol. The Kier molecular flexibility index (Phi) is 6.73. The zero-order valence-corrected chi connectivity index (χ0v) is 16.0. The first kappa shape index (κ1) is 19.1. The third-order valence-electron chi connectivity index (χ3n) is 4.23. The van der Waals surface area contributed by atoms with Gasteiger partial charge in [-0.3, -0.25) is 14.5 Å². The summed E-state index contributed by atoms with van der Waals surface area (Å²) in [6.07, 6.45) is 0. The number of likely N-dealkylation sites (N-methyl/N-ethyl adjacent to an activating group) is 2. The molecule has 0 bridgehead atoms. The Balaban J connectivity index is 1.89. The molecule has 2 rings (SSSR count). The molecule has 0 fully saturated rings. The highest BCUT2D eigenvalue weighted by Gasteiger charge is 2.19. The molecule has 0 aliphatic carbocycles. The number of benzene rings is 1. The van der Waals surface area contributed by atoms with Crippen molar-refractivity contribution in [2.75, 3.05) is 27.7 Å². The highest BCUT2D eigenvalue weighted by molar-refractivity contribution is 7.10. The van der Waals surface area contributed by atoms with Crippen LogP contribution in [0.15, 0.2) is 41.8 Å². The van der Waals surface area contributed by atoms with Gasteiger partial charge in [0, 0.05) is 31.1 Å². The van der Waals surface area contributed by atoms with Crippen molar-refractivity contribution in [3.63, 3.8) is 0 Å². The largest absolute Gasteiger partial charge is 0.355 e. The number of amides is 2. The van der Waals surface area contributed by atoms with Gasteiger partial charge in [0.15, 0.2) is 0 Å². The molecule has 1 aromatic heterocycles. The van der Waals surface area contributed by atoms with Crippen molar-refractivity contribution in [2.45, 2.75) is 19.5 Å². The summed E-state index contributed by atoms with van der Waals surface area (Å²) < 4.78 is 0. The quantitative estimate of drug-likeness (QED) is 0.827. The third-order valence-corrected chi connectivity index (χ3v) is 5.27. The van der Waals surface area contributed by atoms with Crippen molar-refractivity contribution in [2.24, 2.45) is 0 Å². The van der Waals surface area contributed by atoms with Crippen molar-refractivity contribution < 1.29 is 9.59 Å². The minimum absolute atomic E-state index is 0.0766. The molecule has 5 nitrogen and oxygen atoms in total. The van der Waals surface area contributed by atoms with E-state index >= 15 is 0 Å². The van der Waals surface area contributed by atoms with Crippen LogP contribution in [0, 0.1) is 0 Å². The summed E-state index contributed by atoms with van der Waals surface area (Å²) in [4.78, 5) is 29.0. The van der Waals surface area contributed by atoms with Crippen LogP contribution >= 0.6 is 11.3 Å². The Morgan fingerprint density at radius 1 is 1.16 bits per heavy atom. The van der Waals surface area contributed by atoms with Gasteiger partial charge in [0.2, 0.25) is 5.91 Å². The van der Waals surface area contributed by atoms with Crippen LogP contribution < -0.4 is 5.32 Å². The van der Waals surface area contributed by atoms with Gasteiger partial charge >= 0.3 is 0 Å². The predicted octanol–water partition coefficient (Wildman–Crippen LogP) is 2.76. The second-order valence-electron chi connectivity index (χ2n) is 6.14. The summed E-state index contributed by atoms with van der Waals surface area (Å²) in [5.41, 5.74) is 1.70. The van der Waals surface area contributed by atoms with Gasteiger partial charge in [-0.15, -0.1) is 11.3 Å². The van der Waals surface area contributed by atoms with Crippen LogP contribution in [0.3, 0.4) is 0 Å². The van der Waals surface area contributed by atoms with Gasteiger partial charge in [-0.25, -0.2) is 0 Å². The van der Waals surface area contributed by atoms with Crippen molar-refractivity contribution in [1.29, 1.82) is 0 Å². The summed E-state index contributed by atoms with van der Waals surface area (Å²) in [6.45, 7) is 3.05. The molecular formula is C19H25N3O2S. The Bertz CT molecular complexity index is 698. The number of hydrogen-bond acceptors (Lipinski definition) is 4. The zero-order chi connectivity index (χ0) is 18.4. The number of carbonyl (C=O) groups is 2. The Morgan fingerprint density at radius 2 is 1.84 bits per heavy atom. The molecule has 25 heavy (non-hydrogen) atoms. The van der Waals surface area contributed by atoms with E-state index < -0.39 is 0 Å². The first-order valence-electron chi connectivity index (χ1n) is 8.21. The summed E-state index contributed by atoms with van der Waals surface area (Å²) in [5, 5.41) is 4.63. The Labute approximate surface area is 153 Å². The van der Waals surface area contributed by atoms with Crippen molar-refractivity contribution >= 4 is 23.2 Å². The maximum Gasteiger partial charge on any atom is 0.251 e. The number of nitrogens with zero attached hydrogens (tertiary/aromatic N) is 2. The molecule has 1 heterocycles. The molecule has 1 N–H and O–H groups in total. The van der Waals surface area contributed by atoms with Gasteiger partial charge < -0.3 is 10.2 Å². The first-order valence-corrected chi connectivity index (χ1v) is 9.09. The minimum atomic E-state index is -0.0979. The molecule has 2 aromatic rings. The fraction of sp³-hybridized carbons (Fsp3) is 0.368. The molecule has 0 saturated carbocycles. The Hall–Kier alpha value is -2.18. The van der Waals surface area contributed by atoms with E-state index in [4.69, 9.17) is 0 Å². The normalized spacial score (nSPS) is 12.0. The lowest BCUT2D eigenvalue weighted by atomic mass is 10.1. The lowest BCUT2D eigenvalue weighted by Gasteiger charge is -2.26. The number of rotatable bonds is 7. The van der Waals surface area contributed by atoms with E-state index in [2.05, 4.69) is 11.4 Å². The minimum Gasteiger partial charge on any atom is -0.355 e. The lowest BCUT2D eigenvalue weighted by Crippen LogP contribution is -2.37. The zero-order valence-electron chi connectivity index (χ0n) is 15.2. The second-order valence-corrected chi connectivity index (χ2v) is 7.12. The van der Waals surface area contributed by atoms with Crippen molar-refractivity contribution in [3.8, 4) is 0 Å². The summed E-state index contributed by atoms with van der Waals surface area (Å²) in [7, 11) is 5.39. The predicted molar refractivity (Wildman–Crippen MR) is 102 cm³/mol. The molecule has 134 valence electrons. The van der Waals surface area contributed by atoms with Gasteiger partial charge in [-0.1, -0.05) is 18.2 Å². The first-order chi connectivity index (χ1) is 11.9. The number of nitrogens with one attached hydrogen (secondary N) is 1. The van der Waals surface area contributed by atoms with E-state index in [-0.39, 0.29) is 17.9 Å². The second kappa shape index (κ2) is 8.78. The van der Waals surface area contributed by atoms with E-state index in [1.807, 2.05) is 49.5 Å². The molecule has 1 unspecified atom stereocenters. The van der Waals surface area contributed by atoms with E-state index in [1.165, 1.54) is 4.88 Å². The summed E-state index contributed by atoms with van der Waals surface area (Å²) in [6, 6.07) is 11.6. The topological polar surface area (TPSA) is 52.7 Å². The average Bonchev–Trinajstić information content (AvgIpc) is 3.14. The van der Waals surface area contributed by atoms with Crippen LogP contribution in [0.1, 0.15) is 33.8 Å². The van der Waals surface area contributed by atoms with Gasteiger partial charge in [-0.2, -0.15) is 0 Å². The molecule has 0 aliphatic heterocycles. The molecule has 0 spiro atoms. The van der Waals surface area contributed by atoms with E-state index in [9.17, 15) is 9.59 Å². The highest BCUT2D eigenvalue weighted by atomic mass is 32.1. The van der Waals surface area contributed by atoms with Crippen LogP contribution in [0.25, 0.3) is 0 Å². The molecule has 1 atom stereocenters. The van der Waals surface area contributed by atoms with Crippen LogP contribution in [0.2, 0.25) is 0 Å². The highest BCUT2D eigenvalue weighted by Crippen LogP contribution is 2.23. The monoisotopic (exact) mass is 359 g/mol. The molecule has 0 radical (unpaired) electrons. The smallest absolute Gasteiger partial charge is 0.251 e. The summed E-state index contributed by atoms with van der Waals surface area (Å²) in [5.74, 6) is -0.00958. The fourth-order valence-corrected chi connectivity index (χ4v) is 3.38. The molecular weight excluding hydrogens is 334 g/mol. The number of carbonyl (C=O) groups excluding carboxylic acids is 2. The maximum atomic E-state index is 12.5. The summed E-state index contributed by atoms with van der Waals surface area (Å²) >= 11 is 1.66. The van der Waals surface area contributed by atoms with Gasteiger partial charge in [0.25, 0.3) is 5.91 Å². The SMILES string of the molecule is CNC(=O)c1ccc(CN(C)CC(=O)N(C)C(C)c2cccs2)cc1. The van der Waals surface area contributed by atoms with Crippen LogP contribution in [-0.2, 0) is 11.3 Å². The van der Waals surface area contributed by atoms with Crippen LogP contribution in [-0.4, -0.2) is 49.3 Å². The maximum absolute atomic E-state index is 12.5. The van der Waals surface area contributed by atoms with Gasteiger partial charge in [-0.05, 0) is 43.1 Å². The number of hydrogen-bond donors (Lipinski definition) is 1. The molecule has 6 heteroatoms. The van der Waals surface area contributed by atoms with E-state index in [1.54, 1.807) is 35.4 Å². The lowest BCUT2D eigenvalue weighted by molar-refractivity contribution is -0.132. The fourth-order valence-electron chi connectivity index (χ4n) is 2.55.